The van der Waals surface area contributed by atoms with Crippen molar-refractivity contribution >= 4 is 33.0 Å². The molecule has 0 saturated carbocycles. The first-order chi connectivity index (χ1) is 6.84. The summed E-state index contributed by atoms with van der Waals surface area (Å²) in [5.41, 5.74) is 1.11. The zero-order valence-corrected chi connectivity index (χ0v) is 9.81. The van der Waals surface area contributed by atoms with Crippen LogP contribution in [0.4, 0.5) is 5.69 Å². The van der Waals surface area contributed by atoms with Crippen LogP contribution >= 0.6 is 27.3 Å². The standard InChI is InChI=1S/C10H9BrN2S/c11-8-2-1-3-9(6-8)13-7-10-12-4-5-14-10/h1-6,13H,7H2. The topological polar surface area (TPSA) is 24.9 Å². The summed E-state index contributed by atoms with van der Waals surface area (Å²) in [4.78, 5) is 4.20. The first-order valence-corrected chi connectivity index (χ1v) is 5.90. The van der Waals surface area contributed by atoms with E-state index in [0.717, 1.165) is 21.7 Å². The molecule has 0 amide bonds. The highest BCUT2D eigenvalue weighted by molar-refractivity contribution is 9.10. The van der Waals surface area contributed by atoms with Gasteiger partial charge in [-0.3, -0.25) is 0 Å². The lowest BCUT2D eigenvalue weighted by molar-refractivity contribution is 1.10. The van der Waals surface area contributed by atoms with Gasteiger partial charge in [0.2, 0.25) is 0 Å². The maximum absolute atomic E-state index is 4.20. The summed E-state index contributed by atoms with van der Waals surface area (Å²) in [6, 6.07) is 8.11. The molecular formula is C10H9BrN2S. The highest BCUT2D eigenvalue weighted by Gasteiger charge is 1.95. The quantitative estimate of drug-likeness (QED) is 0.922. The zero-order valence-electron chi connectivity index (χ0n) is 7.40. The van der Waals surface area contributed by atoms with Gasteiger partial charge in [0.1, 0.15) is 5.01 Å². The van der Waals surface area contributed by atoms with Crippen molar-refractivity contribution in [2.45, 2.75) is 6.54 Å². The monoisotopic (exact) mass is 268 g/mol. The molecule has 2 rings (SSSR count). The van der Waals surface area contributed by atoms with E-state index in [9.17, 15) is 0 Å². The minimum absolute atomic E-state index is 0.786. The lowest BCUT2D eigenvalue weighted by atomic mass is 10.3. The van der Waals surface area contributed by atoms with Crippen molar-refractivity contribution in [3.63, 3.8) is 0 Å². The second-order valence-electron chi connectivity index (χ2n) is 2.79. The van der Waals surface area contributed by atoms with Gasteiger partial charge >= 0.3 is 0 Å². The maximum atomic E-state index is 4.20. The number of hydrogen-bond acceptors (Lipinski definition) is 3. The molecule has 0 atom stereocenters. The molecule has 0 saturated heterocycles. The van der Waals surface area contributed by atoms with Crippen molar-refractivity contribution in [2.75, 3.05) is 5.32 Å². The number of benzene rings is 1. The number of thiazole rings is 1. The van der Waals surface area contributed by atoms with Crippen LogP contribution in [0.25, 0.3) is 0 Å². The Hall–Kier alpha value is -0.870. The SMILES string of the molecule is Brc1cccc(NCc2nccs2)c1. The number of nitrogens with zero attached hydrogens (tertiary/aromatic N) is 1. The van der Waals surface area contributed by atoms with E-state index in [-0.39, 0.29) is 0 Å². The Kier molecular flexibility index (Phi) is 3.16. The third-order valence-corrected chi connectivity index (χ3v) is 3.02. The summed E-state index contributed by atoms with van der Waals surface area (Å²) in [5.74, 6) is 0. The summed E-state index contributed by atoms with van der Waals surface area (Å²) in [6.45, 7) is 0.786. The van der Waals surface area contributed by atoms with Crippen molar-refractivity contribution in [3.8, 4) is 0 Å². The van der Waals surface area contributed by atoms with Crippen LogP contribution in [0, 0.1) is 0 Å². The number of rotatable bonds is 3. The van der Waals surface area contributed by atoms with Gasteiger partial charge < -0.3 is 5.32 Å². The molecule has 1 N–H and O–H groups in total. The van der Waals surface area contributed by atoms with E-state index in [0.29, 0.717) is 0 Å². The number of anilines is 1. The molecule has 0 aliphatic rings. The molecule has 1 aromatic heterocycles. The Morgan fingerprint density at radius 1 is 1.43 bits per heavy atom. The summed E-state index contributed by atoms with van der Waals surface area (Å²) in [6.07, 6.45) is 1.82. The van der Waals surface area contributed by atoms with Crippen molar-refractivity contribution in [1.29, 1.82) is 0 Å². The van der Waals surface area contributed by atoms with E-state index in [2.05, 4.69) is 26.2 Å². The van der Waals surface area contributed by atoms with Crippen LogP contribution in [0.5, 0.6) is 0 Å². The van der Waals surface area contributed by atoms with Gasteiger partial charge in [0.15, 0.2) is 0 Å². The third-order valence-electron chi connectivity index (χ3n) is 1.75. The molecule has 1 heterocycles. The van der Waals surface area contributed by atoms with Crippen LogP contribution in [0.3, 0.4) is 0 Å². The number of halogens is 1. The Morgan fingerprint density at radius 2 is 2.36 bits per heavy atom. The van der Waals surface area contributed by atoms with Crippen molar-refractivity contribution in [3.05, 3.63) is 45.3 Å². The number of nitrogens with one attached hydrogen (secondary N) is 1. The third kappa shape index (κ3) is 2.56. The van der Waals surface area contributed by atoms with E-state index >= 15 is 0 Å². The predicted molar refractivity (Wildman–Crippen MR) is 63.6 cm³/mol. The fourth-order valence-electron chi connectivity index (χ4n) is 1.12. The maximum Gasteiger partial charge on any atom is 0.112 e. The van der Waals surface area contributed by atoms with Crippen molar-refractivity contribution in [2.24, 2.45) is 0 Å². The van der Waals surface area contributed by atoms with Crippen LogP contribution in [-0.2, 0) is 6.54 Å². The average Bonchev–Trinajstić information content (AvgIpc) is 2.67. The summed E-state index contributed by atoms with van der Waals surface area (Å²) in [5, 5.41) is 6.39. The molecule has 14 heavy (non-hydrogen) atoms. The first kappa shape index (κ1) is 9.68. The Morgan fingerprint density at radius 3 is 3.07 bits per heavy atom. The molecule has 0 bridgehead atoms. The van der Waals surface area contributed by atoms with E-state index in [1.54, 1.807) is 11.3 Å². The van der Waals surface area contributed by atoms with Gasteiger partial charge in [-0.05, 0) is 18.2 Å². The minimum atomic E-state index is 0.786. The van der Waals surface area contributed by atoms with Crippen LogP contribution < -0.4 is 5.32 Å². The molecular weight excluding hydrogens is 260 g/mol. The molecule has 0 aliphatic heterocycles. The highest BCUT2D eigenvalue weighted by Crippen LogP contribution is 2.16. The number of aromatic nitrogens is 1. The predicted octanol–water partition coefficient (Wildman–Crippen LogP) is 3.52. The average molecular weight is 269 g/mol. The molecule has 4 heteroatoms. The first-order valence-electron chi connectivity index (χ1n) is 4.22. The number of hydrogen-bond donors (Lipinski definition) is 1. The van der Waals surface area contributed by atoms with Gasteiger partial charge in [-0.15, -0.1) is 11.3 Å². The van der Waals surface area contributed by atoms with E-state index in [4.69, 9.17) is 0 Å². The Balaban J connectivity index is 1.98. The summed E-state index contributed by atoms with van der Waals surface area (Å²) < 4.78 is 1.08. The largest absolute Gasteiger partial charge is 0.378 e. The van der Waals surface area contributed by atoms with Gasteiger partial charge in [-0.1, -0.05) is 22.0 Å². The zero-order chi connectivity index (χ0) is 9.80. The molecule has 0 spiro atoms. The molecule has 0 aliphatic carbocycles. The van der Waals surface area contributed by atoms with Gasteiger partial charge in [0.25, 0.3) is 0 Å². The van der Waals surface area contributed by atoms with Crippen LogP contribution in [0.15, 0.2) is 40.3 Å². The molecule has 0 unspecified atom stereocenters. The highest BCUT2D eigenvalue weighted by atomic mass is 79.9. The summed E-state index contributed by atoms with van der Waals surface area (Å²) in [7, 11) is 0. The van der Waals surface area contributed by atoms with Gasteiger partial charge in [-0.2, -0.15) is 0 Å². The van der Waals surface area contributed by atoms with Gasteiger partial charge in [-0.25, -0.2) is 4.98 Å². The van der Waals surface area contributed by atoms with E-state index < -0.39 is 0 Å². The molecule has 1 aromatic carbocycles. The van der Waals surface area contributed by atoms with Gasteiger partial charge in [0.05, 0.1) is 6.54 Å². The van der Waals surface area contributed by atoms with Crippen LogP contribution in [0.2, 0.25) is 0 Å². The van der Waals surface area contributed by atoms with E-state index in [1.165, 1.54) is 0 Å². The van der Waals surface area contributed by atoms with Crippen molar-refractivity contribution in [1.82, 2.24) is 4.98 Å². The Bertz CT molecular complexity index is 400. The summed E-state index contributed by atoms with van der Waals surface area (Å²) >= 11 is 5.09. The fourth-order valence-corrected chi connectivity index (χ4v) is 2.07. The lowest BCUT2D eigenvalue weighted by Gasteiger charge is -2.03. The Labute approximate surface area is 95.1 Å². The van der Waals surface area contributed by atoms with Gasteiger partial charge in [0, 0.05) is 21.7 Å². The molecule has 2 aromatic rings. The minimum Gasteiger partial charge on any atom is -0.378 e. The molecule has 0 radical (unpaired) electrons. The van der Waals surface area contributed by atoms with E-state index in [1.807, 2.05) is 35.8 Å². The second-order valence-corrected chi connectivity index (χ2v) is 4.68. The molecule has 72 valence electrons. The fraction of sp³-hybridized carbons (Fsp3) is 0.100. The lowest BCUT2D eigenvalue weighted by Crippen LogP contribution is -1.98. The normalized spacial score (nSPS) is 10.1. The van der Waals surface area contributed by atoms with Crippen molar-refractivity contribution < 1.29 is 0 Å². The van der Waals surface area contributed by atoms with Crippen LogP contribution in [-0.4, -0.2) is 4.98 Å². The second kappa shape index (κ2) is 4.57. The smallest absolute Gasteiger partial charge is 0.112 e. The molecule has 0 fully saturated rings. The van der Waals surface area contributed by atoms with Crippen LogP contribution in [0.1, 0.15) is 5.01 Å². The molecule has 2 nitrogen and oxygen atoms in total.